The van der Waals surface area contributed by atoms with Gasteiger partial charge in [0.05, 0.1) is 6.07 Å². The fraction of sp³-hybridized carbons (Fsp3) is 0.636. The molecule has 0 unspecified atom stereocenters. The van der Waals surface area contributed by atoms with Crippen molar-refractivity contribution in [2.75, 3.05) is 0 Å². The molecule has 1 rings (SSSR count). The van der Waals surface area contributed by atoms with Crippen LogP contribution < -0.4 is 0 Å². The van der Waals surface area contributed by atoms with Crippen LogP contribution in [0.4, 0.5) is 0 Å². The van der Waals surface area contributed by atoms with Gasteiger partial charge in [-0.25, -0.2) is 4.79 Å². The average Bonchev–Trinajstić information content (AvgIpc) is 2.19. The van der Waals surface area contributed by atoms with Gasteiger partial charge in [0.25, 0.3) is 0 Å². The number of esters is 1. The van der Waals surface area contributed by atoms with E-state index in [1.54, 1.807) is 6.92 Å². The molecular weight excluding hydrogens is 178 g/mol. The van der Waals surface area contributed by atoms with Gasteiger partial charge < -0.3 is 4.74 Å². The predicted molar refractivity (Wildman–Crippen MR) is 52.3 cm³/mol. The Labute approximate surface area is 84.4 Å². The van der Waals surface area contributed by atoms with E-state index in [0.717, 1.165) is 25.7 Å². The number of rotatable bonds is 2. The van der Waals surface area contributed by atoms with Crippen molar-refractivity contribution in [1.29, 1.82) is 5.26 Å². The highest BCUT2D eigenvalue weighted by atomic mass is 16.5. The normalized spacial score (nSPS) is 18.7. The van der Waals surface area contributed by atoms with Gasteiger partial charge in [0.1, 0.15) is 6.10 Å². The first-order valence-electron chi connectivity index (χ1n) is 5.01. The fourth-order valence-corrected chi connectivity index (χ4v) is 1.58. The van der Waals surface area contributed by atoms with Crippen molar-refractivity contribution in [2.24, 2.45) is 0 Å². The number of hydrogen-bond donors (Lipinski definition) is 0. The smallest absolute Gasteiger partial charge is 0.334 e. The van der Waals surface area contributed by atoms with Crippen LogP contribution >= 0.6 is 0 Å². The molecule has 3 heteroatoms. The first-order chi connectivity index (χ1) is 6.74. The molecule has 1 aliphatic rings. The Hall–Kier alpha value is -1.30. The molecule has 3 nitrogen and oxygen atoms in total. The monoisotopic (exact) mass is 193 g/mol. The Morgan fingerprint density at radius 1 is 1.43 bits per heavy atom. The maximum atomic E-state index is 11.4. The van der Waals surface area contributed by atoms with Crippen molar-refractivity contribution in [3.8, 4) is 6.07 Å². The van der Waals surface area contributed by atoms with E-state index < -0.39 is 0 Å². The summed E-state index contributed by atoms with van der Waals surface area (Å²) in [7, 11) is 0. The Bertz CT molecular complexity index is 270. The first-order valence-corrected chi connectivity index (χ1v) is 5.01. The molecule has 0 aromatic carbocycles. The quantitative estimate of drug-likeness (QED) is 0.384. The minimum absolute atomic E-state index is 0.0679. The minimum atomic E-state index is -0.349. The fourth-order valence-electron chi connectivity index (χ4n) is 1.58. The number of nitrogens with zero attached hydrogens (tertiary/aromatic N) is 1. The van der Waals surface area contributed by atoms with Crippen LogP contribution in [-0.4, -0.2) is 12.1 Å². The van der Waals surface area contributed by atoms with E-state index >= 15 is 0 Å². The highest BCUT2D eigenvalue weighted by molar-refractivity contribution is 5.88. The molecule has 0 radical (unpaired) electrons. The summed E-state index contributed by atoms with van der Waals surface area (Å²) in [6, 6.07) is 1.82. The maximum Gasteiger partial charge on any atom is 0.334 e. The molecule has 76 valence electrons. The Kier molecular flexibility index (Phi) is 4.18. The summed E-state index contributed by atoms with van der Waals surface area (Å²) >= 11 is 0. The van der Waals surface area contributed by atoms with Crippen molar-refractivity contribution >= 4 is 5.97 Å². The zero-order valence-electron chi connectivity index (χ0n) is 8.45. The Balaban J connectivity index is 2.40. The molecule has 0 heterocycles. The van der Waals surface area contributed by atoms with Crippen molar-refractivity contribution in [3.63, 3.8) is 0 Å². The van der Waals surface area contributed by atoms with E-state index in [-0.39, 0.29) is 12.1 Å². The van der Waals surface area contributed by atoms with Gasteiger partial charge >= 0.3 is 5.97 Å². The number of hydrogen-bond acceptors (Lipinski definition) is 3. The van der Waals surface area contributed by atoms with Gasteiger partial charge in [-0.2, -0.15) is 5.26 Å². The van der Waals surface area contributed by atoms with E-state index in [4.69, 9.17) is 10.00 Å². The number of allylic oxidation sites excluding steroid dienone is 1. The first kappa shape index (κ1) is 10.8. The van der Waals surface area contributed by atoms with E-state index in [0.29, 0.717) is 5.57 Å². The zero-order chi connectivity index (χ0) is 10.4. The highest BCUT2D eigenvalue weighted by Gasteiger charge is 2.18. The lowest BCUT2D eigenvalue weighted by molar-refractivity contribution is -0.145. The molecule has 14 heavy (non-hydrogen) atoms. The predicted octanol–water partition coefficient (Wildman–Crippen LogP) is 2.33. The van der Waals surface area contributed by atoms with Gasteiger partial charge in [0, 0.05) is 11.6 Å². The van der Waals surface area contributed by atoms with Crippen LogP contribution in [0.25, 0.3) is 0 Å². The number of carbonyl (C=O) groups is 1. The molecule has 0 saturated heterocycles. The summed E-state index contributed by atoms with van der Waals surface area (Å²) in [5, 5.41) is 8.36. The molecule has 0 spiro atoms. The molecule has 0 bridgehead atoms. The van der Waals surface area contributed by atoms with Gasteiger partial charge in [0.2, 0.25) is 0 Å². The van der Waals surface area contributed by atoms with Crippen LogP contribution in [0.15, 0.2) is 11.6 Å². The van der Waals surface area contributed by atoms with Gasteiger partial charge in [-0.3, -0.25) is 0 Å². The molecule has 0 N–H and O–H groups in total. The molecule has 0 amide bonds. The largest absolute Gasteiger partial charge is 0.459 e. The number of ether oxygens (including phenoxy) is 1. The molecular formula is C11H15NO2. The summed E-state index contributed by atoms with van der Waals surface area (Å²) in [6.07, 6.45) is 6.74. The van der Waals surface area contributed by atoms with Crippen molar-refractivity contribution in [1.82, 2.24) is 0 Å². The highest BCUT2D eigenvalue weighted by Crippen LogP contribution is 2.21. The second-order valence-electron chi connectivity index (χ2n) is 3.62. The topological polar surface area (TPSA) is 50.1 Å². The van der Waals surface area contributed by atoms with Crippen LogP contribution in [-0.2, 0) is 9.53 Å². The zero-order valence-corrected chi connectivity index (χ0v) is 8.45. The lowest BCUT2D eigenvalue weighted by Crippen LogP contribution is -2.21. The van der Waals surface area contributed by atoms with E-state index in [1.807, 2.05) is 6.07 Å². The van der Waals surface area contributed by atoms with Crippen LogP contribution in [0.2, 0.25) is 0 Å². The second kappa shape index (κ2) is 5.43. The molecule has 0 atom stereocenters. The van der Waals surface area contributed by atoms with E-state index in [1.165, 1.54) is 12.5 Å². The molecule has 1 saturated carbocycles. The van der Waals surface area contributed by atoms with Gasteiger partial charge in [-0.15, -0.1) is 0 Å². The summed E-state index contributed by atoms with van der Waals surface area (Å²) in [5.74, 6) is -0.349. The van der Waals surface area contributed by atoms with Crippen LogP contribution in [0.3, 0.4) is 0 Å². The van der Waals surface area contributed by atoms with E-state index in [9.17, 15) is 4.79 Å². The minimum Gasteiger partial charge on any atom is -0.459 e. The van der Waals surface area contributed by atoms with Gasteiger partial charge in [0.15, 0.2) is 0 Å². The molecule has 0 aromatic rings. The van der Waals surface area contributed by atoms with Crippen LogP contribution in [0, 0.1) is 11.3 Å². The van der Waals surface area contributed by atoms with Crippen molar-refractivity contribution in [3.05, 3.63) is 11.6 Å². The summed E-state index contributed by atoms with van der Waals surface area (Å²) in [4.78, 5) is 11.4. The Morgan fingerprint density at radius 3 is 2.64 bits per heavy atom. The van der Waals surface area contributed by atoms with Crippen LogP contribution in [0.1, 0.15) is 39.0 Å². The van der Waals surface area contributed by atoms with Crippen LogP contribution in [0.5, 0.6) is 0 Å². The summed E-state index contributed by atoms with van der Waals surface area (Å²) in [6.45, 7) is 1.61. The summed E-state index contributed by atoms with van der Waals surface area (Å²) in [5.41, 5.74) is 0.387. The average molecular weight is 193 g/mol. The summed E-state index contributed by atoms with van der Waals surface area (Å²) < 4.78 is 5.25. The third kappa shape index (κ3) is 3.21. The maximum absolute atomic E-state index is 11.4. The van der Waals surface area contributed by atoms with Crippen molar-refractivity contribution in [2.45, 2.75) is 45.1 Å². The molecule has 0 aliphatic heterocycles. The van der Waals surface area contributed by atoms with Gasteiger partial charge in [-0.1, -0.05) is 6.42 Å². The molecule has 1 aliphatic carbocycles. The second-order valence-corrected chi connectivity index (χ2v) is 3.62. The van der Waals surface area contributed by atoms with Gasteiger partial charge in [-0.05, 0) is 32.6 Å². The Morgan fingerprint density at radius 2 is 2.07 bits per heavy atom. The lowest BCUT2D eigenvalue weighted by atomic mass is 9.98. The SMILES string of the molecule is C/C(=C\C#N)C(=O)OC1CCCCC1. The van der Waals surface area contributed by atoms with Crippen molar-refractivity contribution < 1.29 is 9.53 Å². The third-order valence-electron chi connectivity index (χ3n) is 2.43. The molecule has 0 aromatic heterocycles. The number of nitriles is 1. The van der Waals surface area contributed by atoms with E-state index in [2.05, 4.69) is 0 Å². The standard InChI is InChI=1S/C11H15NO2/c1-9(7-8-12)11(13)14-10-5-3-2-4-6-10/h7,10H,2-6H2,1H3/b9-7+. The third-order valence-corrected chi connectivity index (χ3v) is 2.43. The number of carbonyl (C=O) groups excluding carboxylic acids is 1. The lowest BCUT2D eigenvalue weighted by Gasteiger charge is -2.21. The molecule has 1 fully saturated rings.